The molecule has 3 heteroatoms. The molecule has 0 aliphatic carbocycles. The second-order valence-electron chi connectivity index (χ2n) is 8.17. The fourth-order valence-electron chi connectivity index (χ4n) is 3.38. The van der Waals surface area contributed by atoms with Gasteiger partial charge in [-0.25, -0.2) is 0 Å². The molecule has 1 aromatic carbocycles. The lowest BCUT2D eigenvalue weighted by Crippen LogP contribution is -2.40. The van der Waals surface area contributed by atoms with E-state index in [2.05, 4.69) is 57.3 Å². The van der Waals surface area contributed by atoms with E-state index in [1.54, 1.807) is 0 Å². The number of unbranched alkanes of at least 4 members (excludes halogenated alkanes) is 2. The molecule has 0 bridgehead atoms. The van der Waals surface area contributed by atoms with Crippen molar-refractivity contribution in [1.82, 2.24) is 0 Å². The van der Waals surface area contributed by atoms with Crippen LogP contribution >= 0.6 is 0 Å². The first-order valence-electron chi connectivity index (χ1n) is 10.1. The van der Waals surface area contributed by atoms with Gasteiger partial charge in [0.25, 0.3) is 0 Å². The van der Waals surface area contributed by atoms with E-state index in [1.807, 2.05) is 7.11 Å². The molecule has 1 aromatic rings. The Morgan fingerprint density at radius 1 is 0.920 bits per heavy atom. The molecule has 0 atom stereocenters. The smallest absolute Gasteiger partial charge is 0.187 e. The summed E-state index contributed by atoms with van der Waals surface area (Å²) in [6.45, 7) is 11.0. The van der Waals surface area contributed by atoms with Crippen LogP contribution in [0.3, 0.4) is 0 Å². The molecule has 0 radical (unpaired) electrons. The zero-order chi connectivity index (χ0) is 18.6. The van der Waals surface area contributed by atoms with Gasteiger partial charge in [-0.3, -0.25) is 0 Å². The molecule has 0 aliphatic rings. The quantitative estimate of drug-likeness (QED) is 0.352. The Bertz CT molecular complexity index is 437. The van der Waals surface area contributed by atoms with E-state index in [0.29, 0.717) is 0 Å². The highest BCUT2D eigenvalue weighted by Crippen LogP contribution is 2.33. The summed E-state index contributed by atoms with van der Waals surface area (Å²) in [4.78, 5) is 0. The van der Waals surface area contributed by atoms with Crippen LogP contribution in [0.15, 0.2) is 30.3 Å². The summed E-state index contributed by atoms with van der Waals surface area (Å²) in [5, 5.41) is 0. The predicted molar refractivity (Wildman–Crippen MR) is 112 cm³/mol. The molecule has 25 heavy (non-hydrogen) atoms. The van der Waals surface area contributed by atoms with Crippen molar-refractivity contribution in [1.29, 1.82) is 0 Å². The lowest BCUT2D eigenvalue weighted by molar-refractivity contribution is 0.0192. The van der Waals surface area contributed by atoms with Crippen LogP contribution < -0.4 is 0 Å². The average molecular weight is 365 g/mol. The van der Waals surface area contributed by atoms with Gasteiger partial charge >= 0.3 is 0 Å². The molecule has 0 saturated heterocycles. The van der Waals surface area contributed by atoms with Crippen LogP contribution in [0.4, 0.5) is 0 Å². The van der Waals surface area contributed by atoms with Crippen LogP contribution in [-0.4, -0.2) is 28.6 Å². The maximum Gasteiger partial charge on any atom is 0.187 e. The number of benzene rings is 1. The number of aryl methyl sites for hydroxylation is 1. The van der Waals surface area contributed by atoms with E-state index >= 15 is 0 Å². The highest BCUT2D eigenvalue weighted by atomic mass is 28.4. The third-order valence-corrected chi connectivity index (χ3v) is 7.58. The van der Waals surface area contributed by atoms with E-state index in [4.69, 9.17) is 9.16 Å². The monoisotopic (exact) mass is 364 g/mol. The van der Waals surface area contributed by atoms with Gasteiger partial charge in [0.2, 0.25) is 0 Å². The Balaban J connectivity index is 2.64. The first-order valence-corrected chi connectivity index (χ1v) is 13.3. The van der Waals surface area contributed by atoms with Gasteiger partial charge < -0.3 is 9.16 Å². The number of methoxy groups -OCH3 is 1. The molecule has 0 aliphatic heterocycles. The van der Waals surface area contributed by atoms with Crippen molar-refractivity contribution in [3.05, 3.63) is 35.9 Å². The lowest BCUT2D eigenvalue weighted by Gasteiger charge is -2.36. The van der Waals surface area contributed by atoms with Gasteiger partial charge in [-0.15, -0.1) is 0 Å². The Kier molecular flexibility index (Phi) is 10.6. The number of rotatable bonds is 14. The van der Waals surface area contributed by atoms with Gasteiger partial charge in [0, 0.05) is 19.1 Å². The van der Waals surface area contributed by atoms with E-state index in [0.717, 1.165) is 19.6 Å². The standard InChI is InChI=1S/C22H40O2Si/c1-6-8-16-22(19-23-3,17-9-7-2)20-24-25(4,5)18-15-21-13-11-10-12-14-21/h10-14H,6-9,15-20H2,1-5H3. The molecule has 144 valence electrons. The third-order valence-electron chi connectivity index (χ3n) is 5.20. The Hall–Kier alpha value is -0.643. The van der Waals surface area contributed by atoms with Crippen LogP contribution in [0.2, 0.25) is 19.1 Å². The third kappa shape index (κ3) is 9.03. The molecule has 0 N–H and O–H groups in total. The molecule has 0 fully saturated rings. The van der Waals surface area contributed by atoms with E-state index in [9.17, 15) is 0 Å². The summed E-state index contributed by atoms with van der Waals surface area (Å²) in [5.41, 5.74) is 1.63. The van der Waals surface area contributed by atoms with Crippen LogP contribution in [0.25, 0.3) is 0 Å². The summed E-state index contributed by atoms with van der Waals surface area (Å²) in [6, 6.07) is 12.0. The van der Waals surface area contributed by atoms with Gasteiger partial charge in [0.15, 0.2) is 8.32 Å². The predicted octanol–water partition coefficient (Wildman–Crippen LogP) is 6.46. The van der Waals surface area contributed by atoms with Crippen LogP contribution in [0, 0.1) is 5.41 Å². The SMILES string of the molecule is CCCCC(CCCC)(COC)CO[Si](C)(C)CCc1ccccc1. The zero-order valence-electron chi connectivity index (χ0n) is 17.3. The van der Waals surface area contributed by atoms with Crippen molar-refractivity contribution in [3.63, 3.8) is 0 Å². The van der Waals surface area contributed by atoms with Gasteiger partial charge in [-0.2, -0.15) is 0 Å². The molecule has 2 nitrogen and oxygen atoms in total. The highest BCUT2D eigenvalue weighted by Gasteiger charge is 2.33. The van der Waals surface area contributed by atoms with Crippen molar-refractivity contribution in [2.24, 2.45) is 5.41 Å². The molecule has 0 aromatic heterocycles. The Labute approximate surface area is 157 Å². The topological polar surface area (TPSA) is 18.5 Å². The van der Waals surface area contributed by atoms with E-state index in [-0.39, 0.29) is 5.41 Å². The summed E-state index contributed by atoms with van der Waals surface area (Å²) < 4.78 is 12.3. The van der Waals surface area contributed by atoms with Gasteiger partial charge in [-0.05, 0) is 44.0 Å². The van der Waals surface area contributed by atoms with Crippen molar-refractivity contribution in [3.8, 4) is 0 Å². The van der Waals surface area contributed by atoms with Crippen molar-refractivity contribution >= 4 is 8.32 Å². The fraction of sp³-hybridized carbons (Fsp3) is 0.727. The minimum Gasteiger partial charge on any atom is -0.417 e. The first-order chi connectivity index (χ1) is 12.0. The number of hydrogen-bond donors (Lipinski definition) is 0. The zero-order valence-corrected chi connectivity index (χ0v) is 18.3. The summed E-state index contributed by atoms with van der Waals surface area (Å²) in [5.74, 6) is 0. The van der Waals surface area contributed by atoms with Gasteiger partial charge in [-0.1, -0.05) is 69.9 Å². The van der Waals surface area contributed by atoms with Crippen LogP contribution in [0.5, 0.6) is 0 Å². The average Bonchev–Trinajstić information content (AvgIpc) is 2.62. The summed E-state index contributed by atoms with van der Waals surface area (Å²) in [7, 11) is 0.179. The molecular formula is C22H40O2Si. The summed E-state index contributed by atoms with van der Waals surface area (Å²) >= 11 is 0. The molecule has 0 heterocycles. The van der Waals surface area contributed by atoms with E-state index < -0.39 is 8.32 Å². The Morgan fingerprint density at radius 3 is 2.04 bits per heavy atom. The number of hydrogen-bond acceptors (Lipinski definition) is 2. The van der Waals surface area contributed by atoms with Gasteiger partial charge in [0.05, 0.1) is 6.61 Å². The number of ether oxygens (including phenoxy) is 1. The molecule has 0 unspecified atom stereocenters. The molecule has 0 saturated carbocycles. The second kappa shape index (κ2) is 11.9. The first kappa shape index (κ1) is 22.4. The molecule has 1 rings (SSSR count). The summed E-state index contributed by atoms with van der Waals surface area (Å²) in [6.07, 6.45) is 8.59. The minimum atomic E-state index is -1.66. The van der Waals surface area contributed by atoms with Crippen molar-refractivity contribution in [2.75, 3.05) is 20.3 Å². The molecule has 0 amide bonds. The lowest BCUT2D eigenvalue weighted by atomic mass is 9.80. The molecule has 0 spiro atoms. The second-order valence-corrected chi connectivity index (χ2v) is 12.5. The van der Waals surface area contributed by atoms with Crippen molar-refractivity contribution in [2.45, 2.75) is 77.9 Å². The minimum absolute atomic E-state index is 0.206. The maximum atomic E-state index is 6.62. The highest BCUT2D eigenvalue weighted by molar-refractivity contribution is 6.71. The normalized spacial score (nSPS) is 12.5. The molecular weight excluding hydrogens is 324 g/mol. The van der Waals surface area contributed by atoms with Crippen LogP contribution in [-0.2, 0) is 15.6 Å². The van der Waals surface area contributed by atoms with Crippen molar-refractivity contribution < 1.29 is 9.16 Å². The van der Waals surface area contributed by atoms with Gasteiger partial charge in [0.1, 0.15) is 0 Å². The maximum absolute atomic E-state index is 6.62. The fourth-order valence-corrected chi connectivity index (χ4v) is 5.11. The Morgan fingerprint density at radius 2 is 1.52 bits per heavy atom. The van der Waals surface area contributed by atoms with E-state index in [1.165, 1.54) is 50.1 Å². The largest absolute Gasteiger partial charge is 0.417 e. The van der Waals surface area contributed by atoms with Crippen LogP contribution in [0.1, 0.15) is 57.9 Å².